The van der Waals surface area contributed by atoms with Crippen LogP contribution >= 0.6 is 11.3 Å². The molecule has 1 aliphatic rings. The van der Waals surface area contributed by atoms with Crippen LogP contribution in [0.5, 0.6) is 0 Å². The molecule has 2 N–H and O–H groups in total. The zero-order chi connectivity index (χ0) is 15.8. The van der Waals surface area contributed by atoms with Crippen LogP contribution in [0, 0.1) is 6.92 Å². The van der Waals surface area contributed by atoms with Crippen LogP contribution in [0.4, 0.5) is 0 Å². The zero-order valence-corrected chi connectivity index (χ0v) is 15.0. The minimum absolute atomic E-state index is 0.758. The highest BCUT2D eigenvalue weighted by molar-refractivity contribution is 7.11. The maximum absolute atomic E-state index is 4.29. The van der Waals surface area contributed by atoms with Crippen LogP contribution in [-0.4, -0.2) is 43.6 Å². The number of nitrogens with zero attached hydrogens (tertiary/aromatic N) is 2. The molecule has 1 saturated heterocycles. The third kappa shape index (κ3) is 5.61. The van der Waals surface area contributed by atoms with E-state index in [2.05, 4.69) is 46.5 Å². The van der Waals surface area contributed by atoms with Crippen molar-refractivity contribution >= 4 is 17.3 Å². The van der Waals surface area contributed by atoms with Crippen LogP contribution in [-0.2, 0) is 6.54 Å². The van der Waals surface area contributed by atoms with E-state index in [1.54, 1.807) is 0 Å². The van der Waals surface area contributed by atoms with Gasteiger partial charge in [-0.2, -0.15) is 0 Å². The maximum Gasteiger partial charge on any atom is 0.191 e. The summed E-state index contributed by atoms with van der Waals surface area (Å²) in [6.45, 7) is 8.79. The van der Waals surface area contributed by atoms with Gasteiger partial charge in [0, 0.05) is 35.9 Å². The number of likely N-dealkylation sites (tertiary alicyclic amines) is 1. The predicted molar refractivity (Wildman–Crippen MR) is 96.8 cm³/mol. The van der Waals surface area contributed by atoms with Gasteiger partial charge in [-0.05, 0) is 51.8 Å². The number of rotatable bonds is 6. The molecule has 1 aromatic rings. The lowest BCUT2D eigenvalue weighted by Gasteiger charge is -2.33. The molecule has 1 aromatic heterocycles. The van der Waals surface area contributed by atoms with Crippen LogP contribution in [0.3, 0.4) is 0 Å². The topological polar surface area (TPSA) is 39.7 Å². The van der Waals surface area contributed by atoms with Crippen LogP contribution in [0.15, 0.2) is 17.1 Å². The first-order valence-electron chi connectivity index (χ1n) is 8.43. The molecule has 4 nitrogen and oxygen atoms in total. The molecule has 1 atom stereocenters. The lowest BCUT2D eigenvalue weighted by Crippen LogP contribution is -2.41. The Morgan fingerprint density at radius 3 is 2.91 bits per heavy atom. The van der Waals surface area contributed by atoms with Gasteiger partial charge in [0.05, 0.1) is 6.54 Å². The molecule has 1 unspecified atom stereocenters. The van der Waals surface area contributed by atoms with Crippen molar-refractivity contribution in [3.05, 3.63) is 21.9 Å². The van der Waals surface area contributed by atoms with Gasteiger partial charge in [0.1, 0.15) is 0 Å². The standard InChI is InChI=1S/C17H30N4S/c1-14-7-4-5-11-21(14)12-6-10-19-17(18-3)20-13-16-9-8-15(2)22-16/h8-9,14H,4-7,10-13H2,1-3H3,(H2,18,19,20). The molecule has 22 heavy (non-hydrogen) atoms. The molecule has 0 radical (unpaired) electrons. The van der Waals surface area contributed by atoms with E-state index >= 15 is 0 Å². The third-order valence-electron chi connectivity index (χ3n) is 4.30. The fraction of sp³-hybridized carbons (Fsp3) is 0.706. The Hall–Kier alpha value is -1.07. The lowest BCUT2D eigenvalue weighted by molar-refractivity contribution is 0.159. The van der Waals surface area contributed by atoms with Crippen molar-refractivity contribution in [3.63, 3.8) is 0 Å². The van der Waals surface area contributed by atoms with E-state index in [4.69, 9.17) is 0 Å². The summed E-state index contributed by atoms with van der Waals surface area (Å²) in [4.78, 5) is 9.62. The molecule has 0 aliphatic carbocycles. The highest BCUT2D eigenvalue weighted by Crippen LogP contribution is 2.16. The molecule has 0 spiro atoms. The average molecular weight is 323 g/mol. The van der Waals surface area contributed by atoms with Crippen molar-refractivity contribution in [2.24, 2.45) is 4.99 Å². The monoisotopic (exact) mass is 322 g/mol. The number of guanidine groups is 1. The van der Waals surface area contributed by atoms with E-state index in [1.807, 2.05) is 18.4 Å². The van der Waals surface area contributed by atoms with Crippen LogP contribution in [0.1, 0.15) is 42.4 Å². The first-order chi connectivity index (χ1) is 10.7. The van der Waals surface area contributed by atoms with E-state index in [1.165, 1.54) is 48.5 Å². The number of aliphatic imine (C=N–C) groups is 1. The van der Waals surface area contributed by atoms with Crippen molar-refractivity contribution in [1.82, 2.24) is 15.5 Å². The second kappa shape index (κ2) is 9.16. The summed E-state index contributed by atoms with van der Waals surface area (Å²) in [6.07, 6.45) is 5.29. The molecule has 0 amide bonds. The summed E-state index contributed by atoms with van der Waals surface area (Å²) in [5, 5.41) is 6.80. The normalized spacial score (nSPS) is 20.1. The molecule has 5 heteroatoms. The van der Waals surface area contributed by atoms with Gasteiger partial charge in [-0.25, -0.2) is 0 Å². The summed E-state index contributed by atoms with van der Waals surface area (Å²) in [6, 6.07) is 5.10. The molecule has 0 aromatic carbocycles. The van der Waals surface area contributed by atoms with Gasteiger partial charge in [0.25, 0.3) is 0 Å². The van der Waals surface area contributed by atoms with E-state index in [-0.39, 0.29) is 0 Å². The number of hydrogen-bond donors (Lipinski definition) is 2. The van der Waals surface area contributed by atoms with Gasteiger partial charge in [0.15, 0.2) is 5.96 Å². The molecule has 2 heterocycles. The molecular weight excluding hydrogens is 292 g/mol. The number of aryl methyl sites for hydroxylation is 1. The zero-order valence-electron chi connectivity index (χ0n) is 14.2. The van der Waals surface area contributed by atoms with Crippen molar-refractivity contribution in [2.75, 3.05) is 26.7 Å². The first-order valence-corrected chi connectivity index (χ1v) is 9.24. The summed E-state index contributed by atoms with van der Waals surface area (Å²) in [5.41, 5.74) is 0. The fourth-order valence-electron chi connectivity index (χ4n) is 2.95. The number of hydrogen-bond acceptors (Lipinski definition) is 3. The second-order valence-electron chi connectivity index (χ2n) is 6.10. The van der Waals surface area contributed by atoms with Crippen molar-refractivity contribution in [2.45, 2.75) is 52.1 Å². The van der Waals surface area contributed by atoms with E-state index in [0.29, 0.717) is 0 Å². The number of nitrogens with one attached hydrogen (secondary N) is 2. The summed E-state index contributed by atoms with van der Waals surface area (Å²) in [7, 11) is 1.84. The van der Waals surface area contributed by atoms with Crippen LogP contribution in [0.2, 0.25) is 0 Å². The third-order valence-corrected chi connectivity index (χ3v) is 5.31. The molecular formula is C17H30N4S. The van der Waals surface area contributed by atoms with Gasteiger partial charge in [-0.1, -0.05) is 6.42 Å². The van der Waals surface area contributed by atoms with Gasteiger partial charge in [-0.15, -0.1) is 11.3 Å². The SMILES string of the molecule is CN=C(NCCCN1CCCCC1C)NCc1ccc(C)s1. The highest BCUT2D eigenvalue weighted by Gasteiger charge is 2.17. The fourth-order valence-corrected chi connectivity index (χ4v) is 3.78. The van der Waals surface area contributed by atoms with Crippen molar-refractivity contribution in [1.29, 1.82) is 0 Å². The molecule has 2 rings (SSSR count). The van der Waals surface area contributed by atoms with Gasteiger partial charge < -0.3 is 15.5 Å². The Morgan fingerprint density at radius 2 is 2.23 bits per heavy atom. The average Bonchev–Trinajstić information content (AvgIpc) is 2.94. The summed E-state index contributed by atoms with van der Waals surface area (Å²) in [5.74, 6) is 0.901. The first kappa shape index (κ1) is 17.3. The lowest BCUT2D eigenvalue weighted by atomic mass is 10.0. The molecule has 124 valence electrons. The summed E-state index contributed by atoms with van der Waals surface area (Å²) >= 11 is 1.84. The number of thiophene rings is 1. The van der Waals surface area contributed by atoms with Gasteiger partial charge in [0.2, 0.25) is 0 Å². The predicted octanol–water partition coefficient (Wildman–Crippen LogP) is 2.99. The Balaban J connectivity index is 1.62. The Morgan fingerprint density at radius 1 is 1.36 bits per heavy atom. The Bertz CT molecular complexity index is 469. The maximum atomic E-state index is 4.29. The minimum atomic E-state index is 0.758. The van der Waals surface area contributed by atoms with Crippen LogP contribution < -0.4 is 10.6 Å². The molecule has 0 saturated carbocycles. The quantitative estimate of drug-likeness (QED) is 0.480. The smallest absolute Gasteiger partial charge is 0.191 e. The summed E-state index contributed by atoms with van der Waals surface area (Å²) < 4.78 is 0. The van der Waals surface area contributed by atoms with Gasteiger partial charge in [-0.3, -0.25) is 4.99 Å². The van der Waals surface area contributed by atoms with Crippen LogP contribution in [0.25, 0.3) is 0 Å². The molecule has 1 fully saturated rings. The largest absolute Gasteiger partial charge is 0.356 e. The van der Waals surface area contributed by atoms with E-state index < -0.39 is 0 Å². The second-order valence-corrected chi connectivity index (χ2v) is 7.47. The molecule has 1 aliphatic heterocycles. The minimum Gasteiger partial charge on any atom is -0.356 e. The highest BCUT2D eigenvalue weighted by atomic mass is 32.1. The van der Waals surface area contributed by atoms with E-state index in [0.717, 1.165) is 25.1 Å². The van der Waals surface area contributed by atoms with Crippen molar-refractivity contribution in [3.8, 4) is 0 Å². The van der Waals surface area contributed by atoms with Gasteiger partial charge >= 0.3 is 0 Å². The molecule has 0 bridgehead atoms. The van der Waals surface area contributed by atoms with E-state index in [9.17, 15) is 0 Å². The van der Waals surface area contributed by atoms with Crippen molar-refractivity contribution < 1.29 is 0 Å². The Kier molecular flexibility index (Phi) is 7.19. The Labute approximate surface area is 139 Å². The number of piperidine rings is 1.